The number of thioether (sulfide) groups is 1. The van der Waals surface area contributed by atoms with Crippen LogP contribution in [0.5, 0.6) is 0 Å². The summed E-state index contributed by atoms with van der Waals surface area (Å²) in [5.74, 6) is 0.205. The number of anilines is 2. The van der Waals surface area contributed by atoms with Crippen molar-refractivity contribution in [1.82, 2.24) is 10.2 Å². The van der Waals surface area contributed by atoms with Crippen LogP contribution in [-0.2, 0) is 4.79 Å². The molecule has 0 bridgehead atoms. The lowest BCUT2D eigenvalue weighted by atomic mass is 10.2. The van der Waals surface area contributed by atoms with Crippen LogP contribution in [0.4, 0.5) is 11.4 Å². The minimum Gasteiger partial charge on any atom is -0.411 e. The molecule has 3 aromatic rings. The third-order valence-electron chi connectivity index (χ3n) is 4.56. The van der Waals surface area contributed by atoms with Gasteiger partial charge in [0.2, 0.25) is 11.8 Å². The van der Waals surface area contributed by atoms with E-state index in [0.717, 1.165) is 24.3 Å². The number of nitrogens with zero attached hydrogens (tertiary/aromatic N) is 4. The van der Waals surface area contributed by atoms with Crippen molar-refractivity contribution < 1.29 is 9.21 Å². The summed E-state index contributed by atoms with van der Waals surface area (Å²) >= 11 is 1.19. The number of carbonyl (C=O) groups excluding carboxylic acids is 1. The van der Waals surface area contributed by atoms with Gasteiger partial charge < -0.3 is 14.6 Å². The van der Waals surface area contributed by atoms with Crippen molar-refractivity contribution in [1.29, 1.82) is 5.26 Å². The van der Waals surface area contributed by atoms with Gasteiger partial charge in [-0.15, -0.1) is 10.2 Å². The Morgan fingerprint density at radius 1 is 1.20 bits per heavy atom. The SMILES string of the molecule is CCN(CC)c1ccc(-c2nnc(SC(C)C(=O)Nc3cccc(C#N)c3)o2)cc1. The molecule has 8 heteroatoms. The lowest BCUT2D eigenvalue weighted by molar-refractivity contribution is -0.115. The molecule has 1 amide bonds. The third-order valence-corrected chi connectivity index (χ3v) is 5.49. The molecule has 30 heavy (non-hydrogen) atoms. The van der Waals surface area contributed by atoms with Gasteiger partial charge in [-0.2, -0.15) is 5.26 Å². The van der Waals surface area contributed by atoms with Gasteiger partial charge in [0.05, 0.1) is 16.9 Å². The van der Waals surface area contributed by atoms with E-state index in [9.17, 15) is 4.79 Å². The summed E-state index contributed by atoms with van der Waals surface area (Å²) in [5.41, 5.74) is 3.03. The smallest absolute Gasteiger partial charge is 0.277 e. The Kier molecular flexibility index (Phi) is 7.09. The summed E-state index contributed by atoms with van der Waals surface area (Å²) < 4.78 is 5.73. The zero-order valence-electron chi connectivity index (χ0n) is 17.1. The highest BCUT2D eigenvalue weighted by atomic mass is 32.2. The van der Waals surface area contributed by atoms with Crippen LogP contribution in [0.2, 0.25) is 0 Å². The second kappa shape index (κ2) is 9.94. The number of hydrogen-bond acceptors (Lipinski definition) is 7. The molecule has 0 aliphatic carbocycles. The minimum absolute atomic E-state index is 0.210. The highest BCUT2D eigenvalue weighted by Gasteiger charge is 2.19. The monoisotopic (exact) mass is 421 g/mol. The number of rotatable bonds is 8. The first kappa shape index (κ1) is 21.4. The molecule has 1 atom stereocenters. The zero-order chi connectivity index (χ0) is 21.5. The first-order valence-electron chi connectivity index (χ1n) is 9.70. The van der Waals surface area contributed by atoms with E-state index in [1.54, 1.807) is 31.2 Å². The molecule has 0 aliphatic rings. The highest BCUT2D eigenvalue weighted by molar-refractivity contribution is 8.00. The van der Waals surface area contributed by atoms with Crippen molar-refractivity contribution in [2.24, 2.45) is 0 Å². The number of aromatic nitrogens is 2. The molecular formula is C22H23N5O2S. The summed E-state index contributed by atoms with van der Waals surface area (Å²) in [6.45, 7) is 7.89. The molecule has 1 N–H and O–H groups in total. The molecule has 2 aromatic carbocycles. The van der Waals surface area contributed by atoms with Crippen LogP contribution in [0, 0.1) is 11.3 Å². The summed E-state index contributed by atoms with van der Waals surface area (Å²) in [7, 11) is 0. The first-order chi connectivity index (χ1) is 14.5. The fourth-order valence-corrected chi connectivity index (χ4v) is 3.58. The van der Waals surface area contributed by atoms with Gasteiger partial charge in [-0.05, 0) is 63.2 Å². The lowest BCUT2D eigenvalue weighted by Gasteiger charge is -2.20. The molecule has 3 rings (SSSR count). The fraction of sp³-hybridized carbons (Fsp3) is 0.273. The first-order valence-corrected chi connectivity index (χ1v) is 10.6. The maximum absolute atomic E-state index is 12.4. The van der Waals surface area contributed by atoms with Crippen molar-refractivity contribution >= 4 is 29.0 Å². The van der Waals surface area contributed by atoms with E-state index in [4.69, 9.17) is 9.68 Å². The van der Waals surface area contributed by atoms with E-state index in [1.807, 2.05) is 24.3 Å². The molecular weight excluding hydrogens is 398 g/mol. The normalized spacial score (nSPS) is 11.5. The van der Waals surface area contributed by atoms with Crippen LogP contribution in [0.3, 0.4) is 0 Å². The van der Waals surface area contributed by atoms with Crippen molar-refractivity contribution in [2.45, 2.75) is 31.2 Å². The Balaban J connectivity index is 1.63. The second-order valence-corrected chi connectivity index (χ2v) is 7.83. The highest BCUT2D eigenvalue weighted by Crippen LogP contribution is 2.28. The summed E-state index contributed by atoms with van der Waals surface area (Å²) in [4.78, 5) is 14.7. The summed E-state index contributed by atoms with van der Waals surface area (Å²) in [5, 5.41) is 19.8. The topological polar surface area (TPSA) is 95.0 Å². The average Bonchev–Trinajstić information content (AvgIpc) is 3.23. The van der Waals surface area contributed by atoms with E-state index in [-0.39, 0.29) is 5.91 Å². The molecule has 0 saturated carbocycles. The molecule has 1 heterocycles. The van der Waals surface area contributed by atoms with Crippen molar-refractivity contribution in [2.75, 3.05) is 23.3 Å². The molecule has 1 aromatic heterocycles. The lowest BCUT2D eigenvalue weighted by Crippen LogP contribution is -2.22. The summed E-state index contributed by atoms with van der Waals surface area (Å²) in [6, 6.07) is 16.8. The summed E-state index contributed by atoms with van der Waals surface area (Å²) in [6.07, 6.45) is 0. The number of hydrogen-bond donors (Lipinski definition) is 1. The Labute approximate surface area is 180 Å². The predicted molar refractivity (Wildman–Crippen MR) is 118 cm³/mol. The third kappa shape index (κ3) is 5.19. The standard InChI is InChI=1S/C22H23N5O2S/c1-4-27(5-2)19-11-9-17(10-12-19)21-25-26-22(29-21)30-15(3)20(28)24-18-8-6-7-16(13-18)14-23/h6-13,15H,4-5H2,1-3H3,(H,24,28). The maximum Gasteiger partial charge on any atom is 0.277 e. The maximum atomic E-state index is 12.4. The van der Waals surface area contributed by atoms with Gasteiger partial charge in [-0.3, -0.25) is 4.79 Å². The van der Waals surface area contributed by atoms with Gasteiger partial charge >= 0.3 is 0 Å². The van der Waals surface area contributed by atoms with E-state index in [1.165, 1.54) is 11.8 Å². The zero-order valence-corrected chi connectivity index (χ0v) is 17.9. The van der Waals surface area contributed by atoms with Gasteiger partial charge in [0, 0.05) is 30.0 Å². The number of benzene rings is 2. The average molecular weight is 422 g/mol. The number of amides is 1. The van der Waals surface area contributed by atoms with Crippen molar-refractivity contribution in [3.63, 3.8) is 0 Å². The van der Waals surface area contributed by atoms with Crippen LogP contribution >= 0.6 is 11.8 Å². The van der Waals surface area contributed by atoms with Gasteiger partial charge in [-0.1, -0.05) is 17.8 Å². The van der Waals surface area contributed by atoms with Crippen molar-refractivity contribution in [3.8, 4) is 17.5 Å². The molecule has 0 fully saturated rings. The number of nitriles is 1. The minimum atomic E-state index is -0.450. The molecule has 154 valence electrons. The van der Waals surface area contributed by atoms with E-state index < -0.39 is 5.25 Å². The molecule has 0 spiro atoms. The van der Waals surface area contributed by atoms with Crippen LogP contribution in [0.1, 0.15) is 26.3 Å². The largest absolute Gasteiger partial charge is 0.411 e. The number of carbonyl (C=O) groups is 1. The van der Waals surface area contributed by atoms with Crippen LogP contribution < -0.4 is 10.2 Å². The van der Waals surface area contributed by atoms with E-state index in [0.29, 0.717) is 22.4 Å². The molecule has 7 nitrogen and oxygen atoms in total. The Bertz CT molecular complexity index is 1040. The quantitative estimate of drug-likeness (QED) is 0.532. The van der Waals surface area contributed by atoms with Gasteiger partial charge in [0.1, 0.15) is 0 Å². The van der Waals surface area contributed by atoms with Crippen LogP contribution in [0.15, 0.2) is 58.2 Å². The Hall–Kier alpha value is -3.31. The van der Waals surface area contributed by atoms with Crippen LogP contribution in [0.25, 0.3) is 11.5 Å². The second-order valence-electron chi connectivity index (χ2n) is 6.53. The van der Waals surface area contributed by atoms with Gasteiger partial charge in [-0.25, -0.2) is 0 Å². The molecule has 0 saturated heterocycles. The fourth-order valence-electron chi connectivity index (χ4n) is 2.89. The van der Waals surface area contributed by atoms with E-state index in [2.05, 4.69) is 40.3 Å². The predicted octanol–water partition coefficient (Wildman–Crippen LogP) is 4.57. The van der Waals surface area contributed by atoms with Crippen LogP contribution in [-0.4, -0.2) is 34.4 Å². The molecule has 0 radical (unpaired) electrons. The Morgan fingerprint density at radius 2 is 1.93 bits per heavy atom. The van der Waals surface area contributed by atoms with Crippen molar-refractivity contribution in [3.05, 3.63) is 54.1 Å². The molecule has 1 unspecified atom stereocenters. The number of nitrogens with one attached hydrogen (secondary N) is 1. The van der Waals surface area contributed by atoms with E-state index >= 15 is 0 Å². The van der Waals surface area contributed by atoms with Gasteiger partial charge in [0.15, 0.2) is 0 Å². The van der Waals surface area contributed by atoms with Gasteiger partial charge in [0.25, 0.3) is 5.22 Å². The molecule has 0 aliphatic heterocycles. The Morgan fingerprint density at radius 3 is 2.60 bits per heavy atom.